The van der Waals surface area contributed by atoms with Crippen LogP contribution in [0, 0.1) is 11.3 Å². The first-order valence-electron chi connectivity index (χ1n) is 7.82. The Bertz CT molecular complexity index is 805. The molecular formula is C19H17N3O2. The Morgan fingerprint density at radius 1 is 1.00 bits per heavy atom. The fourth-order valence-electron chi connectivity index (χ4n) is 2.90. The molecule has 0 spiro atoms. The Hall–Kier alpha value is -3.13. The number of nitrogens with one attached hydrogen (secondary N) is 2. The molecule has 1 aliphatic rings. The smallest absolute Gasteiger partial charge is 0.313 e. The Labute approximate surface area is 140 Å². The van der Waals surface area contributed by atoms with E-state index in [4.69, 9.17) is 5.26 Å². The van der Waals surface area contributed by atoms with Crippen molar-refractivity contribution in [1.82, 2.24) is 5.32 Å². The average Bonchev–Trinajstić information content (AvgIpc) is 2.58. The van der Waals surface area contributed by atoms with Gasteiger partial charge in [-0.05, 0) is 43.0 Å². The van der Waals surface area contributed by atoms with Crippen molar-refractivity contribution in [2.24, 2.45) is 0 Å². The third-order valence-corrected chi connectivity index (χ3v) is 4.34. The molecule has 2 aromatic carbocycles. The van der Waals surface area contributed by atoms with Crippen LogP contribution in [0.3, 0.4) is 0 Å². The summed E-state index contributed by atoms with van der Waals surface area (Å²) in [5.41, 5.74) is 1.41. The number of hydrogen-bond acceptors (Lipinski definition) is 3. The minimum atomic E-state index is -0.729. The summed E-state index contributed by atoms with van der Waals surface area (Å²) >= 11 is 0. The van der Waals surface area contributed by atoms with Gasteiger partial charge in [0.25, 0.3) is 0 Å². The van der Waals surface area contributed by atoms with Gasteiger partial charge in [-0.2, -0.15) is 5.26 Å². The van der Waals surface area contributed by atoms with E-state index in [-0.39, 0.29) is 0 Å². The number of nitrogens with zero attached hydrogens (tertiary/aromatic N) is 1. The lowest BCUT2D eigenvalue weighted by atomic mass is 9.72. The predicted molar refractivity (Wildman–Crippen MR) is 89.9 cm³/mol. The van der Waals surface area contributed by atoms with E-state index in [0.717, 1.165) is 24.8 Å². The second-order valence-corrected chi connectivity index (χ2v) is 5.90. The zero-order valence-corrected chi connectivity index (χ0v) is 13.1. The fraction of sp³-hybridized carbons (Fsp3) is 0.211. The molecule has 5 heteroatoms. The van der Waals surface area contributed by atoms with E-state index in [2.05, 4.69) is 10.6 Å². The molecule has 1 fully saturated rings. The third kappa shape index (κ3) is 3.13. The largest absolute Gasteiger partial charge is 0.338 e. The monoisotopic (exact) mass is 319 g/mol. The van der Waals surface area contributed by atoms with E-state index in [1.807, 2.05) is 36.4 Å². The van der Waals surface area contributed by atoms with E-state index in [1.165, 1.54) is 6.07 Å². The number of hydrogen-bond donors (Lipinski definition) is 2. The molecule has 0 radical (unpaired) electrons. The van der Waals surface area contributed by atoms with Gasteiger partial charge in [0, 0.05) is 5.69 Å². The number of rotatable bonds is 3. The lowest BCUT2D eigenvalue weighted by Gasteiger charge is -2.42. The number of nitriles is 1. The summed E-state index contributed by atoms with van der Waals surface area (Å²) in [6, 6.07) is 18.2. The van der Waals surface area contributed by atoms with Crippen LogP contribution in [0.2, 0.25) is 0 Å². The molecule has 0 atom stereocenters. The van der Waals surface area contributed by atoms with Gasteiger partial charge in [-0.3, -0.25) is 9.59 Å². The first kappa shape index (κ1) is 15.8. The van der Waals surface area contributed by atoms with Gasteiger partial charge in [0.15, 0.2) is 0 Å². The molecule has 0 bridgehead atoms. The van der Waals surface area contributed by atoms with Gasteiger partial charge in [-0.15, -0.1) is 0 Å². The highest BCUT2D eigenvalue weighted by Crippen LogP contribution is 2.41. The summed E-state index contributed by atoms with van der Waals surface area (Å²) in [6.07, 6.45) is 2.65. The molecule has 5 nitrogen and oxygen atoms in total. The summed E-state index contributed by atoms with van der Waals surface area (Å²) in [6.45, 7) is 0. The molecule has 0 heterocycles. The van der Waals surface area contributed by atoms with Gasteiger partial charge in [0.1, 0.15) is 0 Å². The van der Waals surface area contributed by atoms with Crippen molar-refractivity contribution in [1.29, 1.82) is 5.26 Å². The molecule has 24 heavy (non-hydrogen) atoms. The average molecular weight is 319 g/mol. The van der Waals surface area contributed by atoms with Gasteiger partial charge in [-0.25, -0.2) is 0 Å². The van der Waals surface area contributed by atoms with Crippen LogP contribution in [-0.4, -0.2) is 11.8 Å². The maximum absolute atomic E-state index is 12.3. The van der Waals surface area contributed by atoms with Crippen molar-refractivity contribution in [2.75, 3.05) is 5.32 Å². The van der Waals surface area contributed by atoms with Crippen molar-refractivity contribution >= 4 is 17.5 Å². The number of carbonyl (C=O) groups is 2. The Balaban J connectivity index is 1.70. The van der Waals surface area contributed by atoms with Crippen LogP contribution in [0.1, 0.15) is 30.4 Å². The van der Waals surface area contributed by atoms with Crippen LogP contribution in [0.4, 0.5) is 5.69 Å². The fourth-order valence-corrected chi connectivity index (χ4v) is 2.90. The van der Waals surface area contributed by atoms with Crippen molar-refractivity contribution in [3.05, 3.63) is 65.7 Å². The van der Waals surface area contributed by atoms with Gasteiger partial charge in [-0.1, -0.05) is 36.4 Å². The maximum Gasteiger partial charge on any atom is 0.313 e. The molecule has 0 aliphatic heterocycles. The van der Waals surface area contributed by atoms with Crippen LogP contribution in [0.15, 0.2) is 54.6 Å². The molecule has 0 unspecified atom stereocenters. The normalized spacial score (nSPS) is 14.8. The Morgan fingerprint density at radius 3 is 2.38 bits per heavy atom. The molecule has 3 rings (SSSR count). The van der Waals surface area contributed by atoms with Crippen molar-refractivity contribution in [3.8, 4) is 6.07 Å². The Kier molecular flexibility index (Phi) is 4.30. The SMILES string of the molecule is N#Cc1cccc(NC(=O)C(=O)NC2(c3ccccc3)CCC2)c1. The van der Waals surface area contributed by atoms with Crippen molar-refractivity contribution < 1.29 is 9.59 Å². The summed E-state index contributed by atoms with van der Waals surface area (Å²) in [5, 5.41) is 14.3. The van der Waals surface area contributed by atoms with E-state index >= 15 is 0 Å². The highest BCUT2D eigenvalue weighted by molar-refractivity contribution is 6.39. The molecule has 2 amide bonds. The molecule has 1 saturated carbocycles. The first-order valence-corrected chi connectivity index (χ1v) is 7.82. The summed E-state index contributed by atoms with van der Waals surface area (Å²) in [5.74, 6) is -1.40. The molecule has 2 N–H and O–H groups in total. The zero-order chi connectivity index (χ0) is 17.0. The Morgan fingerprint density at radius 2 is 1.75 bits per heavy atom. The summed E-state index contributed by atoms with van der Waals surface area (Å²) in [4.78, 5) is 24.5. The first-order chi connectivity index (χ1) is 11.6. The second-order valence-electron chi connectivity index (χ2n) is 5.90. The summed E-state index contributed by atoms with van der Waals surface area (Å²) < 4.78 is 0. The van der Waals surface area contributed by atoms with Crippen LogP contribution >= 0.6 is 0 Å². The van der Waals surface area contributed by atoms with E-state index in [1.54, 1.807) is 18.2 Å². The van der Waals surface area contributed by atoms with Gasteiger partial charge >= 0.3 is 11.8 Å². The van der Waals surface area contributed by atoms with Crippen LogP contribution in [0.5, 0.6) is 0 Å². The van der Waals surface area contributed by atoms with Gasteiger partial charge in [0.05, 0.1) is 17.2 Å². The molecule has 2 aromatic rings. The molecule has 120 valence electrons. The molecule has 0 aromatic heterocycles. The maximum atomic E-state index is 12.3. The third-order valence-electron chi connectivity index (χ3n) is 4.34. The number of carbonyl (C=O) groups excluding carboxylic acids is 2. The highest BCUT2D eigenvalue weighted by atomic mass is 16.2. The lowest BCUT2D eigenvalue weighted by molar-refractivity contribution is -0.138. The van der Waals surface area contributed by atoms with E-state index in [9.17, 15) is 9.59 Å². The minimum absolute atomic E-state index is 0.424. The molecular weight excluding hydrogens is 302 g/mol. The summed E-state index contributed by atoms with van der Waals surface area (Å²) in [7, 11) is 0. The minimum Gasteiger partial charge on any atom is -0.338 e. The number of benzene rings is 2. The highest BCUT2D eigenvalue weighted by Gasteiger charge is 2.41. The number of anilines is 1. The van der Waals surface area contributed by atoms with Crippen molar-refractivity contribution in [3.63, 3.8) is 0 Å². The lowest BCUT2D eigenvalue weighted by Crippen LogP contribution is -2.53. The van der Waals surface area contributed by atoms with E-state index in [0.29, 0.717) is 11.3 Å². The quantitative estimate of drug-likeness (QED) is 0.853. The number of amides is 2. The van der Waals surface area contributed by atoms with Gasteiger partial charge in [0.2, 0.25) is 0 Å². The van der Waals surface area contributed by atoms with Crippen LogP contribution < -0.4 is 10.6 Å². The molecule has 1 aliphatic carbocycles. The van der Waals surface area contributed by atoms with Gasteiger partial charge < -0.3 is 10.6 Å². The second kappa shape index (κ2) is 6.55. The molecule has 0 saturated heterocycles. The predicted octanol–water partition coefficient (Wildman–Crippen LogP) is 2.69. The van der Waals surface area contributed by atoms with E-state index < -0.39 is 17.4 Å². The van der Waals surface area contributed by atoms with Crippen LogP contribution in [0.25, 0.3) is 0 Å². The zero-order valence-electron chi connectivity index (χ0n) is 13.1. The topological polar surface area (TPSA) is 82.0 Å². The standard InChI is InChI=1S/C19H17N3O2/c20-13-14-6-4-9-16(12-14)21-17(23)18(24)22-19(10-5-11-19)15-7-2-1-3-8-15/h1-4,6-9,12H,5,10-11H2,(H,21,23)(H,22,24). The van der Waals surface area contributed by atoms with Crippen LogP contribution in [-0.2, 0) is 15.1 Å². The van der Waals surface area contributed by atoms with Crippen molar-refractivity contribution in [2.45, 2.75) is 24.8 Å².